The minimum atomic E-state index is -0.260. The van der Waals surface area contributed by atoms with Gasteiger partial charge in [0.05, 0.1) is 6.54 Å². The van der Waals surface area contributed by atoms with E-state index in [-0.39, 0.29) is 17.4 Å². The minimum absolute atomic E-state index is 0.0584. The number of halogens is 2. The van der Waals surface area contributed by atoms with Crippen molar-refractivity contribution in [3.63, 3.8) is 0 Å². The van der Waals surface area contributed by atoms with Crippen LogP contribution in [0, 0.1) is 5.82 Å². The summed E-state index contributed by atoms with van der Waals surface area (Å²) < 4.78 is 17.5. The molecule has 5 nitrogen and oxygen atoms in total. The van der Waals surface area contributed by atoms with Crippen molar-refractivity contribution >= 4 is 11.6 Å². The summed E-state index contributed by atoms with van der Waals surface area (Å²) in [5.74, 6) is 0.827. The first-order chi connectivity index (χ1) is 14.6. The Bertz CT molecular complexity index is 1030. The van der Waals surface area contributed by atoms with E-state index in [0.717, 1.165) is 37.3 Å². The van der Waals surface area contributed by atoms with Gasteiger partial charge < -0.3 is 0 Å². The normalized spacial score (nSPS) is 15.6. The van der Waals surface area contributed by atoms with Crippen LogP contribution in [-0.2, 0) is 19.6 Å². The average molecular weight is 429 g/mol. The lowest BCUT2D eigenvalue weighted by molar-refractivity contribution is 0.197. The van der Waals surface area contributed by atoms with Crippen LogP contribution in [-0.4, -0.2) is 32.3 Å². The van der Waals surface area contributed by atoms with Gasteiger partial charge in [-0.25, -0.2) is 13.9 Å². The van der Waals surface area contributed by atoms with Crippen LogP contribution in [0.1, 0.15) is 42.6 Å². The van der Waals surface area contributed by atoms with Crippen LogP contribution >= 0.6 is 11.6 Å². The second kappa shape index (κ2) is 9.14. The number of hydrogen-bond acceptors (Lipinski definition) is 3. The molecule has 2 aromatic carbocycles. The second-order valence-corrected chi connectivity index (χ2v) is 8.19. The molecule has 3 aromatic rings. The number of likely N-dealkylation sites (tertiary alicyclic amines) is 1. The molecule has 1 aliphatic rings. The molecule has 4 rings (SSSR count). The fourth-order valence-corrected chi connectivity index (χ4v) is 4.40. The third-order valence-electron chi connectivity index (χ3n) is 5.84. The zero-order chi connectivity index (χ0) is 21.1. The highest BCUT2D eigenvalue weighted by Crippen LogP contribution is 2.29. The number of nitrogens with zero attached hydrogens (tertiary/aromatic N) is 4. The Kier molecular flexibility index (Phi) is 6.35. The van der Waals surface area contributed by atoms with E-state index in [1.165, 1.54) is 6.07 Å². The summed E-state index contributed by atoms with van der Waals surface area (Å²) >= 11 is 6.18. The van der Waals surface area contributed by atoms with Crippen molar-refractivity contribution < 1.29 is 4.39 Å². The highest BCUT2D eigenvalue weighted by Gasteiger charge is 2.27. The van der Waals surface area contributed by atoms with E-state index in [9.17, 15) is 9.18 Å². The van der Waals surface area contributed by atoms with Crippen LogP contribution in [0.5, 0.6) is 0 Å². The molecule has 0 saturated carbocycles. The summed E-state index contributed by atoms with van der Waals surface area (Å²) in [6.07, 6.45) is 1.77. The zero-order valence-electron chi connectivity index (χ0n) is 17.1. The van der Waals surface area contributed by atoms with Crippen LogP contribution in [0.3, 0.4) is 0 Å². The average Bonchev–Trinajstić information content (AvgIpc) is 3.07. The van der Waals surface area contributed by atoms with E-state index in [1.54, 1.807) is 21.4 Å². The molecule has 1 saturated heterocycles. The lowest BCUT2D eigenvalue weighted by atomic mass is 9.95. The minimum Gasteiger partial charge on any atom is -0.299 e. The molecule has 0 atom stereocenters. The molecule has 0 spiro atoms. The van der Waals surface area contributed by atoms with Crippen LogP contribution < -0.4 is 5.69 Å². The molecule has 1 aliphatic heterocycles. The van der Waals surface area contributed by atoms with Gasteiger partial charge in [0.15, 0.2) is 0 Å². The number of rotatable bonds is 6. The second-order valence-electron chi connectivity index (χ2n) is 7.78. The highest BCUT2D eigenvalue weighted by atomic mass is 35.5. The Morgan fingerprint density at radius 1 is 1.07 bits per heavy atom. The van der Waals surface area contributed by atoms with E-state index >= 15 is 0 Å². The molecule has 0 unspecified atom stereocenters. The maximum absolute atomic E-state index is 14.1. The summed E-state index contributed by atoms with van der Waals surface area (Å²) in [6.45, 7) is 5.20. The fraction of sp³-hybridized carbons (Fsp3) is 0.391. The van der Waals surface area contributed by atoms with Gasteiger partial charge in [0.1, 0.15) is 11.6 Å². The Morgan fingerprint density at radius 3 is 2.47 bits per heavy atom. The van der Waals surface area contributed by atoms with E-state index in [4.69, 9.17) is 16.7 Å². The molecule has 0 aliphatic carbocycles. The molecule has 0 radical (unpaired) electrons. The van der Waals surface area contributed by atoms with Gasteiger partial charge in [-0.05, 0) is 50.6 Å². The number of hydrogen-bond donors (Lipinski definition) is 0. The first kappa shape index (κ1) is 20.8. The van der Waals surface area contributed by atoms with Crippen molar-refractivity contribution in [2.45, 2.75) is 45.3 Å². The molecule has 0 amide bonds. The van der Waals surface area contributed by atoms with Crippen molar-refractivity contribution in [2.75, 3.05) is 13.1 Å². The molecular formula is C23H26ClFN4O. The summed E-state index contributed by atoms with van der Waals surface area (Å²) in [5, 5.41) is 5.17. The summed E-state index contributed by atoms with van der Waals surface area (Å²) in [6, 6.07) is 14.7. The van der Waals surface area contributed by atoms with E-state index < -0.39 is 0 Å². The molecule has 0 bridgehead atoms. The predicted molar refractivity (Wildman–Crippen MR) is 116 cm³/mol. The SMILES string of the molecule is CCn1c(C2CCN(Cc3c(F)cccc3Cl)CC2)nn(Cc2ccccc2)c1=O. The van der Waals surface area contributed by atoms with Crippen LogP contribution in [0.25, 0.3) is 0 Å². The summed E-state index contributed by atoms with van der Waals surface area (Å²) in [4.78, 5) is 15.1. The van der Waals surface area contributed by atoms with Gasteiger partial charge in [0.25, 0.3) is 0 Å². The zero-order valence-corrected chi connectivity index (χ0v) is 17.9. The molecule has 1 fully saturated rings. The van der Waals surface area contributed by atoms with Gasteiger partial charge in [-0.15, -0.1) is 0 Å². The number of piperidine rings is 1. The maximum atomic E-state index is 14.1. The first-order valence-corrected chi connectivity index (χ1v) is 10.8. The molecule has 1 aromatic heterocycles. The lowest BCUT2D eigenvalue weighted by Gasteiger charge is -2.31. The lowest BCUT2D eigenvalue weighted by Crippen LogP contribution is -2.34. The van der Waals surface area contributed by atoms with Gasteiger partial charge in [0.2, 0.25) is 0 Å². The maximum Gasteiger partial charge on any atom is 0.346 e. The largest absolute Gasteiger partial charge is 0.346 e. The Balaban J connectivity index is 1.47. The first-order valence-electron chi connectivity index (χ1n) is 10.4. The van der Waals surface area contributed by atoms with Crippen molar-refractivity contribution in [1.29, 1.82) is 0 Å². The Hall–Kier alpha value is -2.44. The third-order valence-corrected chi connectivity index (χ3v) is 6.19. The molecule has 7 heteroatoms. The van der Waals surface area contributed by atoms with Crippen molar-refractivity contribution in [3.05, 3.63) is 86.8 Å². The van der Waals surface area contributed by atoms with Crippen LogP contribution in [0.15, 0.2) is 53.3 Å². The highest BCUT2D eigenvalue weighted by molar-refractivity contribution is 6.31. The van der Waals surface area contributed by atoms with Gasteiger partial charge in [-0.1, -0.05) is 48.0 Å². The van der Waals surface area contributed by atoms with E-state index in [0.29, 0.717) is 30.2 Å². The topological polar surface area (TPSA) is 43.1 Å². The monoisotopic (exact) mass is 428 g/mol. The van der Waals surface area contributed by atoms with Gasteiger partial charge in [-0.3, -0.25) is 9.47 Å². The van der Waals surface area contributed by atoms with Crippen molar-refractivity contribution in [1.82, 2.24) is 19.2 Å². The van der Waals surface area contributed by atoms with E-state index in [1.807, 2.05) is 37.3 Å². The van der Waals surface area contributed by atoms with Crippen molar-refractivity contribution in [2.24, 2.45) is 0 Å². The molecule has 30 heavy (non-hydrogen) atoms. The fourth-order valence-electron chi connectivity index (χ4n) is 4.17. The van der Waals surface area contributed by atoms with Gasteiger partial charge >= 0.3 is 5.69 Å². The third kappa shape index (κ3) is 4.35. The summed E-state index contributed by atoms with van der Waals surface area (Å²) in [5.41, 5.74) is 1.55. The number of aromatic nitrogens is 3. The molecule has 0 N–H and O–H groups in total. The molecule has 158 valence electrons. The Morgan fingerprint density at radius 2 is 1.80 bits per heavy atom. The number of benzene rings is 2. The standard InChI is InChI=1S/C23H26ClFN4O/c1-2-28-22(26-29(23(28)30)15-17-7-4-3-5-8-17)18-11-13-27(14-12-18)16-19-20(24)9-6-10-21(19)25/h3-10,18H,2,11-16H2,1H3. The molecular weight excluding hydrogens is 403 g/mol. The van der Waals surface area contributed by atoms with Crippen LogP contribution in [0.2, 0.25) is 5.02 Å². The van der Waals surface area contributed by atoms with Crippen molar-refractivity contribution in [3.8, 4) is 0 Å². The predicted octanol–water partition coefficient (Wildman–Crippen LogP) is 4.29. The van der Waals surface area contributed by atoms with Crippen LogP contribution in [0.4, 0.5) is 4.39 Å². The quantitative estimate of drug-likeness (QED) is 0.588. The smallest absolute Gasteiger partial charge is 0.299 e. The van der Waals surface area contributed by atoms with Gasteiger partial charge in [0, 0.05) is 29.6 Å². The summed E-state index contributed by atoms with van der Waals surface area (Å²) in [7, 11) is 0. The van der Waals surface area contributed by atoms with Gasteiger partial charge in [-0.2, -0.15) is 5.10 Å². The Labute approximate surface area is 180 Å². The van der Waals surface area contributed by atoms with E-state index in [2.05, 4.69) is 4.90 Å². The molecule has 2 heterocycles.